The minimum Gasteiger partial charge on any atom is -0.396 e. The van der Waals surface area contributed by atoms with Gasteiger partial charge in [0.25, 0.3) is 0 Å². The highest BCUT2D eigenvalue weighted by Crippen LogP contribution is 2.35. The first-order valence-corrected chi connectivity index (χ1v) is 5.70. The van der Waals surface area contributed by atoms with Gasteiger partial charge in [-0.15, -0.1) is 23.7 Å². The van der Waals surface area contributed by atoms with E-state index in [9.17, 15) is 0 Å². The first-order valence-electron chi connectivity index (χ1n) is 4.09. The molecule has 82 valence electrons. The van der Waals surface area contributed by atoms with Gasteiger partial charge < -0.3 is 10.8 Å². The van der Waals surface area contributed by atoms with Crippen molar-refractivity contribution >= 4 is 39.7 Å². The Labute approximate surface area is 103 Å². The lowest BCUT2D eigenvalue weighted by atomic mass is 9.85. The van der Waals surface area contributed by atoms with Gasteiger partial charge in [0.2, 0.25) is 0 Å². The smallest absolute Gasteiger partial charge is 0.0701 e. The lowest BCUT2D eigenvalue weighted by molar-refractivity contribution is 0.133. The number of nitrogens with two attached hydrogens (primary N) is 1. The largest absolute Gasteiger partial charge is 0.396 e. The van der Waals surface area contributed by atoms with Gasteiger partial charge in [0.05, 0.1) is 10.4 Å². The summed E-state index contributed by atoms with van der Waals surface area (Å²) in [7, 11) is 0. The molecule has 0 radical (unpaired) electrons. The molecule has 1 aromatic heterocycles. The highest BCUT2D eigenvalue weighted by atomic mass is 79.9. The molecule has 0 aliphatic carbocycles. The molecule has 1 heterocycles. The summed E-state index contributed by atoms with van der Waals surface area (Å²) in [6.45, 7) is 4.03. The summed E-state index contributed by atoms with van der Waals surface area (Å²) in [6.07, 6.45) is 0. The Hall–Kier alpha value is 0.390. The third-order valence-corrected chi connectivity index (χ3v) is 3.86. The molecule has 0 unspecified atom stereocenters. The fourth-order valence-corrected chi connectivity index (χ4v) is 2.62. The number of hydrogen-bond acceptors (Lipinski definition) is 3. The number of hydrogen-bond donors (Lipinski definition) is 2. The van der Waals surface area contributed by atoms with Gasteiger partial charge in [0, 0.05) is 16.3 Å². The molecule has 0 aliphatic rings. The summed E-state index contributed by atoms with van der Waals surface area (Å²) in [5, 5.41) is 9.15. The molecule has 0 saturated carbocycles. The minimum atomic E-state index is -0.260. The van der Waals surface area contributed by atoms with Crippen LogP contribution in [0.2, 0.25) is 0 Å². The average Bonchev–Trinajstić information content (AvgIpc) is 2.50. The standard InChI is InChI=1S/C9H14BrNOS.ClH/c1-9(2,5-12)8(11)6-3-4-7(10)13-6;/h3-4,8,12H,5,11H2,1-2H3;1H/t8-;/m0./s1. The fraction of sp³-hybridized carbons (Fsp3) is 0.556. The van der Waals surface area contributed by atoms with E-state index in [1.54, 1.807) is 11.3 Å². The van der Waals surface area contributed by atoms with E-state index in [4.69, 9.17) is 10.8 Å². The predicted molar refractivity (Wildman–Crippen MR) is 67.1 cm³/mol. The van der Waals surface area contributed by atoms with Crippen molar-refractivity contribution in [3.63, 3.8) is 0 Å². The minimum absolute atomic E-state index is 0. The Morgan fingerprint density at radius 1 is 1.57 bits per heavy atom. The summed E-state index contributed by atoms with van der Waals surface area (Å²) >= 11 is 5.01. The average molecular weight is 301 g/mol. The second-order valence-electron chi connectivity index (χ2n) is 3.77. The highest BCUT2D eigenvalue weighted by Gasteiger charge is 2.27. The SMILES string of the molecule is CC(C)(CO)[C@@H](N)c1ccc(Br)s1.Cl. The van der Waals surface area contributed by atoms with Crippen molar-refractivity contribution in [3.8, 4) is 0 Å². The Kier molecular flexibility index (Phi) is 5.62. The molecule has 0 fully saturated rings. The van der Waals surface area contributed by atoms with Crippen LogP contribution >= 0.6 is 39.7 Å². The molecule has 5 heteroatoms. The van der Waals surface area contributed by atoms with E-state index in [-0.39, 0.29) is 30.5 Å². The van der Waals surface area contributed by atoms with Crippen LogP contribution in [0, 0.1) is 5.41 Å². The van der Waals surface area contributed by atoms with Gasteiger partial charge in [-0.2, -0.15) is 0 Å². The molecule has 0 aromatic carbocycles. The molecule has 1 atom stereocenters. The van der Waals surface area contributed by atoms with E-state index in [1.165, 1.54) is 0 Å². The molecule has 0 saturated heterocycles. The van der Waals surface area contributed by atoms with Gasteiger partial charge in [-0.1, -0.05) is 13.8 Å². The molecular weight excluding hydrogens is 286 g/mol. The first-order chi connectivity index (χ1) is 5.97. The third-order valence-electron chi connectivity index (χ3n) is 2.15. The van der Waals surface area contributed by atoms with Crippen molar-refractivity contribution in [2.45, 2.75) is 19.9 Å². The molecule has 1 aromatic rings. The van der Waals surface area contributed by atoms with Crippen LogP contribution < -0.4 is 5.73 Å². The fourth-order valence-electron chi connectivity index (χ4n) is 0.979. The second kappa shape index (κ2) is 5.47. The monoisotopic (exact) mass is 299 g/mol. The van der Waals surface area contributed by atoms with E-state index in [2.05, 4.69) is 15.9 Å². The maximum absolute atomic E-state index is 9.15. The summed E-state index contributed by atoms with van der Waals surface area (Å²) in [5.41, 5.74) is 5.77. The zero-order valence-electron chi connectivity index (χ0n) is 8.16. The molecule has 0 spiro atoms. The molecule has 2 nitrogen and oxygen atoms in total. The van der Waals surface area contributed by atoms with Crippen molar-refractivity contribution in [1.29, 1.82) is 0 Å². The molecule has 14 heavy (non-hydrogen) atoms. The van der Waals surface area contributed by atoms with Crippen molar-refractivity contribution in [2.75, 3.05) is 6.61 Å². The van der Waals surface area contributed by atoms with Crippen LogP contribution in [-0.2, 0) is 0 Å². The zero-order chi connectivity index (χ0) is 10.1. The van der Waals surface area contributed by atoms with E-state index in [0.717, 1.165) is 8.66 Å². The van der Waals surface area contributed by atoms with Crippen LogP contribution in [-0.4, -0.2) is 11.7 Å². The lowest BCUT2D eigenvalue weighted by Gasteiger charge is -2.28. The normalized spacial score (nSPS) is 13.5. The van der Waals surface area contributed by atoms with Gasteiger partial charge in [0.1, 0.15) is 0 Å². The summed E-state index contributed by atoms with van der Waals surface area (Å²) in [6, 6.07) is 3.87. The predicted octanol–water partition coefficient (Wildman–Crippen LogP) is 2.95. The molecule has 1 rings (SSSR count). The van der Waals surface area contributed by atoms with Crippen molar-refractivity contribution < 1.29 is 5.11 Å². The Morgan fingerprint density at radius 2 is 2.14 bits per heavy atom. The molecule has 3 N–H and O–H groups in total. The Bertz CT molecular complexity index is 290. The van der Waals surface area contributed by atoms with E-state index < -0.39 is 0 Å². The molecule has 0 bridgehead atoms. The van der Waals surface area contributed by atoms with Gasteiger partial charge >= 0.3 is 0 Å². The van der Waals surface area contributed by atoms with Crippen LogP contribution in [0.15, 0.2) is 15.9 Å². The van der Waals surface area contributed by atoms with Crippen LogP contribution in [0.1, 0.15) is 24.8 Å². The Balaban J connectivity index is 0.00000169. The summed E-state index contributed by atoms with van der Waals surface area (Å²) in [5.74, 6) is 0. The van der Waals surface area contributed by atoms with Gasteiger partial charge in [-0.3, -0.25) is 0 Å². The Morgan fingerprint density at radius 3 is 2.50 bits per heavy atom. The molecule has 0 aliphatic heterocycles. The van der Waals surface area contributed by atoms with Gasteiger partial charge in [0.15, 0.2) is 0 Å². The maximum atomic E-state index is 9.15. The van der Waals surface area contributed by atoms with Crippen LogP contribution in [0.4, 0.5) is 0 Å². The topological polar surface area (TPSA) is 46.2 Å². The van der Waals surface area contributed by atoms with E-state index >= 15 is 0 Å². The molecule has 0 amide bonds. The number of rotatable bonds is 3. The number of halogens is 2. The van der Waals surface area contributed by atoms with Gasteiger partial charge in [-0.05, 0) is 28.1 Å². The quantitative estimate of drug-likeness (QED) is 0.901. The third kappa shape index (κ3) is 3.21. The summed E-state index contributed by atoms with van der Waals surface area (Å²) < 4.78 is 1.08. The van der Waals surface area contributed by atoms with E-state index in [0.29, 0.717) is 0 Å². The van der Waals surface area contributed by atoms with Gasteiger partial charge in [-0.25, -0.2) is 0 Å². The summed E-state index contributed by atoms with van der Waals surface area (Å²) in [4.78, 5) is 1.10. The zero-order valence-corrected chi connectivity index (χ0v) is 11.4. The van der Waals surface area contributed by atoms with E-state index in [1.807, 2.05) is 26.0 Å². The van der Waals surface area contributed by atoms with Crippen LogP contribution in [0.5, 0.6) is 0 Å². The molecular formula is C9H15BrClNOS. The van der Waals surface area contributed by atoms with Crippen molar-refractivity contribution in [2.24, 2.45) is 11.1 Å². The first kappa shape index (κ1) is 14.4. The number of thiophene rings is 1. The van der Waals surface area contributed by atoms with Crippen molar-refractivity contribution in [3.05, 3.63) is 20.8 Å². The van der Waals surface area contributed by atoms with Crippen LogP contribution in [0.25, 0.3) is 0 Å². The number of aliphatic hydroxyl groups is 1. The van der Waals surface area contributed by atoms with Crippen LogP contribution in [0.3, 0.4) is 0 Å². The maximum Gasteiger partial charge on any atom is 0.0701 e. The highest BCUT2D eigenvalue weighted by molar-refractivity contribution is 9.11. The van der Waals surface area contributed by atoms with Crippen molar-refractivity contribution in [1.82, 2.24) is 0 Å². The number of aliphatic hydroxyl groups excluding tert-OH is 1. The lowest BCUT2D eigenvalue weighted by Crippen LogP contribution is -2.31. The second-order valence-corrected chi connectivity index (χ2v) is 6.26.